The number of ether oxygens (including phenoxy) is 3. The maximum absolute atomic E-state index is 12.5. The largest absolute Gasteiger partial charge is 0.573 e. The van der Waals surface area contributed by atoms with E-state index in [4.69, 9.17) is 9.47 Å². The molecule has 1 aromatic heterocycles. The highest BCUT2D eigenvalue weighted by Crippen LogP contribution is 2.43. The van der Waals surface area contributed by atoms with Gasteiger partial charge in [-0.15, -0.1) is 13.2 Å². The van der Waals surface area contributed by atoms with Crippen LogP contribution in [0.25, 0.3) is 0 Å². The molecule has 2 aliphatic rings. The number of nitrogens with zero attached hydrogens (tertiary/aromatic N) is 2. The molecule has 0 N–H and O–H groups in total. The van der Waals surface area contributed by atoms with Gasteiger partial charge in [-0.2, -0.15) is 0 Å². The lowest BCUT2D eigenvalue weighted by Gasteiger charge is -2.34. The Morgan fingerprint density at radius 2 is 2.20 bits per heavy atom. The van der Waals surface area contributed by atoms with Crippen molar-refractivity contribution in [2.45, 2.75) is 50.6 Å². The van der Waals surface area contributed by atoms with E-state index < -0.39 is 12.1 Å². The molecule has 3 rings (SSSR count). The Hall–Kier alpha value is -1.54. The average molecular weight is 360 g/mol. The summed E-state index contributed by atoms with van der Waals surface area (Å²) >= 11 is 0. The summed E-state index contributed by atoms with van der Waals surface area (Å²) in [5.74, 6) is -0.531. The van der Waals surface area contributed by atoms with Crippen LogP contribution < -0.4 is 9.47 Å². The van der Waals surface area contributed by atoms with Gasteiger partial charge in [0.25, 0.3) is 5.88 Å². The van der Waals surface area contributed by atoms with Crippen LogP contribution in [-0.2, 0) is 4.74 Å². The molecular formula is C17H23F3N2O3. The van der Waals surface area contributed by atoms with Gasteiger partial charge >= 0.3 is 6.36 Å². The maximum atomic E-state index is 12.5. The SMILES string of the molecule is CCOC[C@@]12CCCN1[C@H](COc1ncccc1OC(F)(F)F)CC2. The van der Waals surface area contributed by atoms with Crippen LogP contribution >= 0.6 is 0 Å². The number of hydrogen-bond donors (Lipinski definition) is 0. The van der Waals surface area contributed by atoms with E-state index >= 15 is 0 Å². The van der Waals surface area contributed by atoms with Crippen molar-refractivity contribution in [3.63, 3.8) is 0 Å². The van der Waals surface area contributed by atoms with Crippen molar-refractivity contribution < 1.29 is 27.4 Å². The molecule has 0 aromatic carbocycles. The second-order valence-corrected chi connectivity index (χ2v) is 6.52. The zero-order chi connectivity index (χ0) is 17.9. The van der Waals surface area contributed by atoms with Gasteiger partial charge in [0.1, 0.15) is 6.61 Å². The number of halogens is 3. The van der Waals surface area contributed by atoms with Crippen molar-refractivity contribution in [3.05, 3.63) is 18.3 Å². The molecule has 0 spiro atoms. The summed E-state index contributed by atoms with van der Waals surface area (Å²) in [7, 11) is 0. The van der Waals surface area contributed by atoms with E-state index in [1.807, 2.05) is 6.92 Å². The van der Waals surface area contributed by atoms with Gasteiger partial charge in [0, 0.05) is 24.4 Å². The summed E-state index contributed by atoms with van der Waals surface area (Å²) in [4.78, 5) is 6.28. The average Bonchev–Trinajstić information content (AvgIpc) is 3.10. The number of hydrogen-bond acceptors (Lipinski definition) is 5. The Labute approximate surface area is 145 Å². The number of rotatable bonds is 7. The van der Waals surface area contributed by atoms with E-state index in [1.165, 1.54) is 18.3 Å². The normalized spacial score (nSPS) is 26.6. The first-order valence-corrected chi connectivity index (χ1v) is 8.61. The van der Waals surface area contributed by atoms with Gasteiger partial charge in [0.05, 0.1) is 6.61 Å². The topological polar surface area (TPSA) is 43.8 Å². The van der Waals surface area contributed by atoms with Crippen LogP contribution in [0.1, 0.15) is 32.6 Å². The van der Waals surface area contributed by atoms with Crippen LogP contribution in [0.2, 0.25) is 0 Å². The summed E-state index contributed by atoms with van der Waals surface area (Å²) in [6.07, 6.45) is 0.786. The quantitative estimate of drug-likeness (QED) is 0.746. The highest BCUT2D eigenvalue weighted by molar-refractivity contribution is 5.32. The van der Waals surface area contributed by atoms with Gasteiger partial charge in [-0.05, 0) is 51.3 Å². The fourth-order valence-electron chi connectivity index (χ4n) is 3.94. The fourth-order valence-corrected chi connectivity index (χ4v) is 3.94. The van der Waals surface area contributed by atoms with Crippen LogP contribution in [0.3, 0.4) is 0 Å². The number of fused-ring (bicyclic) bond motifs is 1. The molecule has 1 aromatic rings. The first kappa shape index (κ1) is 18.3. The Bertz CT molecular complexity index is 585. The number of alkyl halides is 3. The van der Waals surface area contributed by atoms with E-state index in [-0.39, 0.29) is 17.5 Å². The van der Waals surface area contributed by atoms with Crippen LogP contribution in [0.5, 0.6) is 11.6 Å². The van der Waals surface area contributed by atoms with Crippen molar-refractivity contribution in [2.24, 2.45) is 0 Å². The molecule has 5 nitrogen and oxygen atoms in total. The Kier molecular flexibility index (Phi) is 5.38. The second kappa shape index (κ2) is 7.37. The Balaban J connectivity index is 1.63. The minimum atomic E-state index is -4.77. The van der Waals surface area contributed by atoms with Crippen molar-refractivity contribution >= 4 is 0 Å². The molecule has 3 heterocycles. The van der Waals surface area contributed by atoms with E-state index in [0.29, 0.717) is 19.8 Å². The predicted octanol–water partition coefficient (Wildman–Crippen LogP) is 3.39. The number of aromatic nitrogens is 1. The van der Waals surface area contributed by atoms with Gasteiger partial charge in [-0.25, -0.2) is 4.98 Å². The van der Waals surface area contributed by atoms with Gasteiger partial charge in [0.2, 0.25) is 0 Å². The van der Waals surface area contributed by atoms with Crippen molar-refractivity contribution in [1.82, 2.24) is 9.88 Å². The first-order chi connectivity index (χ1) is 11.9. The first-order valence-electron chi connectivity index (χ1n) is 8.61. The molecule has 2 atom stereocenters. The van der Waals surface area contributed by atoms with Gasteiger partial charge in [-0.1, -0.05) is 0 Å². The fraction of sp³-hybridized carbons (Fsp3) is 0.706. The lowest BCUT2D eigenvalue weighted by molar-refractivity contribution is -0.275. The van der Waals surface area contributed by atoms with E-state index in [9.17, 15) is 13.2 Å². The summed E-state index contributed by atoms with van der Waals surface area (Å²) < 4.78 is 52.7. The summed E-state index contributed by atoms with van der Waals surface area (Å²) in [6.45, 7) is 4.62. The molecule has 2 saturated heterocycles. The van der Waals surface area contributed by atoms with Gasteiger partial charge < -0.3 is 14.2 Å². The third-order valence-corrected chi connectivity index (χ3v) is 4.98. The van der Waals surface area contributed by atoms with E-state index in [0.717, 1.165) is 32.2 Å². The van der Waals surface area contributed by atoms with Gasteiger partial charge in [0.15, 0.2) is 5.75 Å². The van der Waals surface area contributed by atoms with Crippen molar-refractivity contribution in [2.75, 3.05) is 26.4 Å². The zero-order valence-corrected chi connectivity index (χ0v) is 14.2. The smallest absolute Gasteiger partial charge is 0.473 e. The second-order valence-electron chi connectivity index (χ2n) is 6.52. The standard InChI is InChI=1S/C17H23F3N2O3/c1-2-23-12-16-7-4-10-22(16)13(6-8-16)11-24-15-14(5-3-9-21-15)25-17(18,19)20/h3,5,9,13H,2,4,6-8,10-12H2,1H3/t13-,16-/m0/s1. The minimum Gasteiger partial charge on any atom is -0.473 e. The lowest BCUT2D eigenvalue weighted by Crippen LogP contribution is -2.47. The molecule has 0 unspecified atom stereocenters. The van der Waals surface area contributed by atoms with Crippen LogP contribution in [-0.4, -0.2) is 54.2 Å². The highest BCUT2D eigenvalue weighted by atomic mass is 19.4. The summed E-state index contributed by atoms with van der Waals surface area (Å²) in [5.41, 5.74) is 0.0550. The molecule has 25 heavy (non-hydrogen) atoms. The molecule has 8 heteroatoms. The molecule has 2 aliphatic heterocycles. The zero-order valence-electron chi connectivity index (χ0n) is 14.2. The third kappa shape index (κ3) is 4.17. The van der Waals surface area contributed by atoms with Crippen LogP contribution in [0.15, 0.2) is 18.3 Å². The van der Waals surface area contributed by atoms with Crippen LogP contribution in [0.4, 0.5) is 13.2 Å². The third-order valence-electron chi connectivity index (χ3n) is 4.98. The monoisotopic (exact) mass is 360 g/mol. The molecule has 0 aliphatic carbocycles. The highest BCUT2D eigenvalue weighted by Gasteiger charge is 2.49. The molecule has 0 saturated carbocycles. The molecule has 2 fully saturated rings. The molecular weight excluding hydrogens is 337 g/mol. The van der Waals surface area contributed by atoms with E-state index in [1.54, 1.807) is 0 Å². The summed E-state index contributed by atoms with van der Waals surface area (Å²) in [5, 5.41) is 0. The Morgan fingerprint density at radius 1 is 1.36 bits per heavy atom. The van der Waals surface area contributed by atoms with Crippen molar-refractivity contribution in [3.8, 4) is 11.6 Å². The van der Waals surface area contributed by atoms with Gasteiger partial charge in [-0.3, -0.25) is 4.90 Å². The molecule has 0 radical (unpaired) electrons. The maximum Gasteiger partial charge on any atom is 0.573 e. The predicted molar refractivity (Wildman–Crippen MR) is 84.6 cm³/mol. The Morgan fingerprint density at radius 3 is 2.96 bits per heavy atom. The van der Waals surface area contributed by atoms with Crippen LogP contribution in [0, 0.1) is 0 Å². The molecule has 0 bridgehead atoms. The lowest BCUT2D eigenvalue weighted by atomic mass is 9.95. The molecule has 0 amide bonds. The minimum absolute atomic E-state index is 0.0550. The molecule has 140 valence electrons. The van der Waals surface area contributed by atoms with E-state index in [2.05, 4.69) is 14.6 Å². The van der Waals surface area contributed by atoms with Crippen molar-refractivity contribution in [1.29, 1.82) is 0 Å². The summed E-state index contributed by atoms with van der Waals surface area (Å²) in [6, 6.07) is 2.75. The number of pyridine rings is 1.